The van der Waals surface area contributed by atoms with Crippen LogP contribution in [0.1, 0.15) is 25.0 Å². The minimum Gasteiger partial charge on any atom is -0.373 e. The van der Waals surface area contributed by atoms with Gasteiger partial charge in [-0.1, -0.05) is 0 Å². The molecule has 2 rings (SSSR count). The lowest BCUT2D eigenvalue weighted by molar-refractivity contribution is -0.0440. The minimum atomic E-state index is -3.53. The molecule has 1 aliphatic rings. The fourth-order valence-corrected chi connectivity index (χ4v) is 4.07. The van der Waals surface area contributed by atoms with Gasteiger partial charge in [0, 0.05) is 13.1 Å². The molecule has 0 N–H and O–H groups in total. The summed E-state index contributed by atoms with van der Waals surface area (Å²) < 4.78 is 32.2. The van der Waals surface area contributed by atoms with Crippen molar-refractivity contribution in [1.29, 1.82) is 5.26 Å². The molecule has 20 heavy (non-hydrogen) atoms. The van der Waals surface area contributed by atoms with Gasteiger partial charge < -0.3 is 4.74 Å². The molecule has 0 unspecified atom stereocenters. The lowest BCUT2D eigenvalue weighted by atomic mass is 10.1. The molecule has 1 heterocycles. The standard InChI is InChI=1S/C14H18N2O3S/c1-10-6-14(5-4-13(10)7-15)20(17,18)16-8-11(2)19-12(3)9-16/h4-6,11-12H,8-9H2,1-3H3/t11-,12+. The van der Waals surface area contributed by atoms with Crippen molar-refractivity contribution in [1.82, 2.24) is 4.31 Å². The molecular weight excluding hydrogens is 276 g/mol. The van der Waals surface area contributed by atoms with Crippen LogP contribution in [0.5, 0.6) is 0 Å². The van der Waals surface area contributed by atoms with Crippen LogP contribution in [-0.4, -0.2) is 38.0 Å². The Balaban J connectivity index is 2.35. The largest absolute Gasteiger partial charge is 0.373 e. The second-order valence-electron chi connectivity index (χ2n) is 5.17. The number of benzene rings is 1. The van der Waals surface area contributed by atoms with Crippen LogP contribution >= 0.6 is 0 Å². The Labute approximate surface area is 119 Å². The van der Waals surface area contributed by atoms with Crippen LogP contribution in [-0.2, 0) is 14.8 Å². The van der Waals surface area contributed by atoms with E-state index in [2.05, 4.69) is 0 Å². The first-order valence-corrected chi connectivity index (χ1v) is 7.95. The van der Waals surface area contributed by atoms with Gasteiger partial charge in [0.2, 0.25) is 10.0 Å². The molecule has 5 nitrogen and oxygen atoms in total. The Bertz CT molecular complexity index is 639. The van der Waals surface area contributed by atoms with E-state index in [4.69, 9.17) is 10.00 Å². The molecule has 0 radical (unpaired) electrons. The Morgan fingerprint density at radius 1 is 1.30 bits per heavy atom. The predicted octanol–water partition coefficient (Wildman–Crippen LogP) is 1.66. The number of rotatable bonds is 2. The van der Waals surface area contributed by atoms with Crippen molar-refractivity contribution < 1.29 is 13.2 Å². The van der Waals surface area contributed by atoms with E-state index in [1.807, 2.05) is 19.9 Å². The average Bonchev–Trinajstić information content (AvgIpc) is 2.37. The molecule has 1 aromatic carbocycles. The predicted molar refractivity (Wildman–Crippen MR) is 74.7 cm³/mol. The van der Waals surface area contributed by atoms with Crippen LogP contribution in [0.15, 0.2) is 23.1 Å². The maximum atomic E-state index is 12.6. The summed E-state index contributed by atoms with van der Waals surface area (Å²) >= 11 is 0. The maximum absolute atomic E-state index is 12.6. The van der Waals surface area contributed by atoms with Gasteiger partial charge in [-0.3, -0.25) is 0 Å². The smallest absolute Gasteiger partial charge is 0.243 e. The molecule has 1 saturated heterocycles. The third-order valence-corrected chi connectivity index (χ3v) is 5.17. The quantitative estimate of drug-likeness (QED) is 0.832. The highest BCUT2D eigenvalue weighted by molar-refractivity contribution is 7.89. The first-order valence-electron chi connectivity index (χ1n) is 6.51. The molecule has 0 aromatic heterocycles. The molecule has 6 heteroatoms. The van der Waals surface area contributed by atoms with Gasteiger partial charge in [-0.05, 0) is 44.5 Å². The Morgan fingerprint density at radius 2 is 1.90 bits per heavy atom. The Kier molecular flexibility index (Phi) is 4.14. The molecule has 1 aromatic rings. The lowest BCUT2D eigenvalue weighted by Crippen LogP contribution is -2.48. The van der Waals surface area contributed by atoms with E-state index in [1.165, 1.54) is 10.4 Å². The fourth-order valence-electron chi connectivity index (χ4n) is 2.40. The zero-order valence-corrected chi connectivity index (χ0v) is 12.6. The van der Waals surface area contributed by atoms with Crippen LogP contribution in [0.4, 0.5) is 0 Å². The molecule has 0 saturated carbocycles. The van der Waals surface area contributed by atoms with Crippen molar-refractivity contribution in [3.8, 4) is 6.07 Å². The van der Waals surface area contributed by atoms with Crippen molar-refractivity contribution in [3.63, 3.8) is 0 Å². The Morgan fingerprint density at radius 3 is 2.40 bits per heavy atom. The highest BCUT2D eigenvalue weighted by Crippen LogP contribution is 2.22. The van der Waals surface area contributed by atoms with E-state index in [9.17, 15) is 8.42 Å². The number of morpholine rings is 1. The summed E-state index contributed by atoms with van der Waals surface area (Å²) in [5.41, 5.74) is 1.16. The van der Waals surface area contributed by atoms with Crippen LogP contribution in [0.25, 0.3) is 0 Å². The van der Waals surface area contributed by atoms with E-state index >= 15 is 0 Å². The fraction of sp³-hybridized carbons (Fsp3) is 0.500. The van der Waals surface area contributed by atoms with Gasteiger partial charge in [-0.15, -0.1) is 0 Å². The normalized spacial score (nSPS) is 24.3. The molecule has 108 valence electrons. The molecule has 2 atom stereocenters. The molecule has 0 bridgehead atoms. The SMILES string of the molecule is Cc1cc(S(=O)(=O)N2C[C@@H](C)O[C@@H](C)C2)ccc1C#N. The van der Waals surface area contributed by atoms with Gasteiger partial charge in [0.05, 0.1) is 28.7 Å². The van der Waals surface area contributed by atoms with Crippen molar-refractivity contribution in [2.45, 2.75) is 37.9 Å². The number of ether oxygens (including phenoxy) is 1. The number of hydrogen-bond donors (Lipinski definition) is 0. The van der Waals surface area contributed by atoms with E-state index in [0.717, 1.165) is 0 Å². The molecule has 0 amide bonds. The topological polar surface area (TPSA) is 70.4 Å². The minimum absolute atomic E-state index is 0.118. The highest BCUT2D eigenvalue weighted by Gasteiger charge is 2.32. The number of sulfonamides is 1. The summed E-state index contributed by atoms with van der Waals surface area (Å²) in [6.45, 7) is 6.17. The van der Waals surface area contributed by atoms with Crippen LogP contribution in [0.3, 0.4) is 0 Å². The van der Waals surface area contributed by atoms with Gasteiger partial charge in [-0.25, -0.2) is 8.42 Å². The van der Waals surface area contributed by atoms with E-state index in [0.29, 0.717) is 24.2 Å². The zero-order valence-electron chi connectivity index (χ0n) is 11.8. The average molecular weight is 294 g/mol. The van der Waals surface area contributed by atoms with Crippen LogP contribution < -0.4 is 0 Å². The summed E-state index contributed by atoms with van der Waals surface area (Å²) in [6, 6.07) is 6.64. The van der Waals surface area contributed by atoms with E-state index < -0.39 is 10.0 Å². The van der Waals surface area contributed by atoms with Gasteiger partial charge in [0.15, 0.2) is 0 Å². The monoisotopic (exact) mass is 294 g/mol. The van der Waals surface area contributed by atoms with Gasteiger partial charge in [0.1, 0.15) is 0 Å². The number of nitriles is 1. The third-order valence-electron chi connectivity index (χ3n) is 3.34. The van der Waals surface area contributed by atoms with E-state index in [-0.39, 0.29) is 17.1 Å². The first kappa shape index (κ1) is 15.0. The lowest BCUT2D eigenvalue weighted by Gasteiger charge is -2.34. The molecule has 1 aliphatic heterocycles. The molecule has 0 aliphatic carbocycles. The summed E-state index contributed by atoms with van der Waals surface area (Å²) in [5.74, 6) is 0. The van der Waals surface area contributed by atoms with Crippen molar-refractivity contribution in [2.24, 2.45) is 0 Å². The maximum Gasteiger partial charge on any atom is 0.243 e. The summed E-state index contributed by atoms with van der Waals surface area (Å²) in [4.78, 5) is 0.232. The zero-order chi connectivity index (χ0) is 14.9. The first-order chi connectivity index (χ1) is 9.34. The summed E-state index contributed by atoms with van der Waals surface area (Å²) in [6.07, 6.45) is -0.235. The number of nitrogens with zero attached hydrogens (tertiary/aromatic N) is 2. The molecular formula is C14H18N2O3S. The van der Waals surface area contributed by atoms with Gasteiger partial charge >= 0.3 is 0 Å². The second-order valence-corrected chi connectivity index (χ2v) is 7.11. The van der Waals surface area contributed by atoms with Crippen LogP contribution in [0.2, 0.25) is 0 Å². The second kappa shape index (κ2) is 5.52. The molecule has 0 spiro atoms. The highest BCUT2D eigenvalue weighted by atomic mass is 32.2. The number of aryl methyl sites for hydroxylation is 1. The van der Waals surface area contributed by atoms with Crippen molar-refractivity contribution in [3.05, 3.63) is 29.3 Å². The third kappa shape index (κ3) is 2.85. The van der Waals surface area contributed by atoms with Gasteiger partial charge in [-0.2, -0.15) is 9.57 Å². The van der Waals surface area contributed by atoms with E-state index in [1.54, 1.807) is 19.1 Å². The molecule has 1 fully saturated rings. The van der Waals surface area contributed by atoms with Crippen LogP contribution in [0, 0.1) is 18.3 Å². The summed E-state index contributed by atoms with van der Waals surface area (Å²) in [5, 5.41) is 8.90. The van der Waals surface area contributed by atoms with Crippen molar-refractivity contribution in [2.75, 3.05) is 13.1 Å². The van der Waals surface area contributed by atoms with Gasteiger partial charge in [0.25, 0.3) is 0 Å². The summed E-state index contributed by atoms with van der Waals surface area (Å²) in [7, 11) is -3.53. The number of hydrogen-bond acceptors (Lipinski definition) is 4. The Hall–Kier alpha value is -1.42. The van der Waals surface area contributed by atoms with Crippen molar-refractivity contribution >= 4 is 10.0 Å².